The maximum absolute atomic E-state index is 14.0. The molecule has 0 fully saturated rings. The van der Waals surface area contributed by atoms with Crippen molar-refractivity contribution < 1.29 is 9.18 Å². The van der Waals surface area contributed by atoms with E-state index in [4.69, 9.17) is 17.3 Å². The third-order valence-electron chi connectivity index (χ3n) is 3.49. The molecule has 0 aliphatic carbocycles. The van der Waals surface area contributed by atoms with E-state index in [1.807, 2.05) is 6.07 Å². The Morgan fingerprint density at radius 3 is 2.80 bits per heavy atom. The zero-order valence-electron chi connectivity index (χ0n) is 10.6. The van der Waals surface area contributed by atoms with Gasteiger partial charge in [-0.25, -0.2) is 4.39 Å². The van der Waals surface area contributed by atoms with Crippen molar-refractivity contribution in [2.24, 2.45) is 0 Å². The fourth-order valence-electron chi connectivity index (χ4n) is 2.49. The number of amides is 1. The van der Waals surface area contributed by atoms with Crippen molar-refractivity contribution in [3.05, 3.63) is 58.4 Å². The zero-order chi connectivity index (χ0) is 14.3. The molecule has 3 rings (SSSR count). The standard InChI is InChI=1S/C15H12ClFN2O/c16-11-4-1-3-10(14(11)17)15(20)19-8-7-9-12(18)5-2-6-13(9)19/h1-6H,7-8,18H2. The summed E-state index contributed by atoms with van der Waals surface area (Å²) in [6.45, 7) is 0.494. The summed E-state index contributed by atoms with van der Waals surface area (Å²) in [5, 5.41) is -0.0529. The van der Waals surface area contributed by atoms with Crippen molar-refractivity contribution in [1.29, 1.82) is 0 Å². The first-order chi connectivity index (χ1) is 9.59. The Morgan fingerprint density at radius 2 is 2.00 bits per heavy atom. The first-order valence-corrected chi connectivity index (χ1v) is 6.60. The van der Waals surface area contributed by atoms with Crippen LogP contribution in [0.2, 0.25) is 5.02 Å². The van der Waals surface area contributed by atoms with Gasteiger partial charge in [0.1, 0.15) is 0 Å². The predicted molar refractivity (Wildman–Crippen MR) is 77.6 cm³/mol. The molecule has 0 bridgehead atoms. The van der Waals surface area contributed by atoms with E-state index in [0.717, 1.165) is 11.3 Å². The second-order valence-corrected chi connectivity index (χ2v) is 5.06. The van der Waals surface area contributed by atoms with Gasteiger partial charge in [0.15, 0.2) is 5.82 Å². The van der Waals surface area contributed by atoms with Gasteiger partial charge >= 0.3 is 0 Å². The second kappa shape index (κ2) is 4.80. The van der Waals surface area contributed by atoms with E-state index in [9.17, 15) is 9.18 Å². The predicted octanol–water partition coefficient (Wildman–Crippen LogP) is 3.26. The molecule has 0 spiro atoms. The van der Waals surface area contributed by atoms with Crippen LogP contribution in [-0.4, -0.2) is 12.5 Å². The average Bonchev–Trinajstić information content (AvgIpc) is 2.86. The molecule has 1 amide bonds. The Labute approximate surface area is 120 Å². The summed E-state index contributed by atoms with van der Waals surface area (Å²) < 4.78 is 14.0. The molecule has 2 aromatic rings. The average molecular weight is 291 g/mol. The van der Waals surface area contributed by atoms with Crippen molar-refractivity contribution in [3.63, 3.8) is 0 Å². The van der Waals surface area contributed by atoms with Crippen LogP contribution in [0.4, 0.5) is 15.8 Å². The summed E-state index contributed by atoms with van der Waals surface area (Å²) in [7, 11) is 0. The summed E-state index contributed by atoms with van der Waals surface area (Å²) in [5.41, 5.74) is 8.21. The largest absolute Gasteiger partial charge is 0.398 e. The van der Waals surface area contributed by atoms with Gasteiger partial charge in [-0.15, -0.1) is 0 Å². The molecule has 0 aromatic heterocycles. The highest BCUT2D eigenvalue weighted by molar-refractivity contribution is 6.31. The van der Waals surface area contributed by atoms with Gasteiger partial charge in [0.2, 0.25) is 0 Å². The number of carbonyl (C=O) groups is 1. The molecule has 1 heterocycles. The van der Waals surface area contributed by atoms with E-state index in [2.05, 4.69) is 0 Å². The molecule has 2 aromatic carbocycles. The third kappa shape index (κ3) is 1.93. The lowest BCUT2D eigenvalue weighted by Crippen LogP contribution is -2.29. The first kappa shape index (κ1) is 12.9. The highest BCUT2D eigenvalue weighted by atomic mass is 35.5. The quantitative estimate of drug-likeness (QED) is 0.819. The molecule has 102 valence electrons. The number of hydrogen-bond donors (Lipinski definition) is 1. The minimum Gasteiger partial charge on any atom is -0.398 e. The fourth-order valence-corrected chi connectivity index (χ4v) is 2.66. The van der Waals surface area contributed by atoms with Gasteiger partial charge in [-0.3, -0.25) is 4.79 Å². The fraction of sp³-hybridized carbons (Fsp3) is 0.133. The van der Waals surface area contributed by atoms with Gasteiger partial charge < -0.3 is 10.6 Å². The van der Waals surface area contributed by atoms with E-state index < -0.39 is 11.7 Å². The van der Waals surface area contributed by atoms with Gasteiger partial charge in [0.25, 0.3) is 5.91 Å². The molecule has 0 radical (unpaired) electrons. The number of nitrogens with two attached hydrogens (primary N) is 1. The van der Waals surface area contributed by atoms with Gasteiger partial charge in [-0.1, -0.05) is 23.7 Å². The van der Waals surface area contributed by atoms with Crippen LogP contribution in [-0.2, 0) is 6.42 Å². The Morgan fingerprint density at radius 1 is 1.25 bits per heavy atom. The number of hydrogen-bond acceptors (Lipinski definition) is 2. The summed E-state index contributed by atoms with van der Waals surface area (Å²) in [6.07, 6.45) is 0.677. The molecule has 20 heavy (non-hydrogen) atoms. The summed E-state index contributed by atoms with van der Waals surface area (Å²) in [4.78, 5) is 14.0. The summed E-state index contributed by atoms with van der Waals surface area (Å²) in [5.74, 6) is -1.08. The number of halogens is 2. The first-order valence-electron chi connectivity index (χ1n) is 6.23. The second-order valence-electron chi connectivity index (χ2n) is 4.65. The molecule has 1 aliphatic heterocycles. The van der Waals surface area contributed by atoms with Crippen LogP contribution in [0.15, 0.2) is 36.4 Å². The van der Waals surface area contributed by atoms with Crippen LogP contribution in [0.5, 0.6) is 0 Å². The number of rotatable bonds is 1. The van der Waals surface area contributed by atoms with Crippen molar-refractivity contribution in [2.45, 2.75) is 6.42 Å². The molecule has 0 atom stereocenters. The number of anilines is 2. The number of fused-ring (bicyclic) bond motifs is 1. The van der Waals surface area contributed by atoms with Crippen LogP contribution in [0.3, 0.4) is 0 Å². The van der Waals surface area contributed by atoms with E-state index >= 15 is 0 Å². The number of benzene rings is 2. The maximum Gasteiger partial charge on any atom is 0.261 e. The minimum absolute atomic E-state index is 0.0206. The van der Waals surface area contributed by atoms with Gasteiger partial charge in [-0.2, -0.15) is 0 Å². The van der Waals surface area contributed by atoms with Crippen molar-refractivity contribution in [1.82, 2.24) is 0 Å². The highest BCUT2D eigenvalue weighted by Gasteiger charge is 2.28. The molecular formula is C15H12ClFN2O. The highest BCUT2D eigenvalue weighted by Crippen LogP contribution is 2.33. The van der Waals surface area contributed by atoms with Crippen molar-refractivity contribution >= 4 is 28.9 Å². The number of nitrogen functional groups attached to an aromatic ring is 1. The molecule has 0 saturated heterocycles. The van der Waals surface area contributed by atoms with E-state index in [-0.39, 0.29) is 10.6 Å². The smallest absolute Gasteiger partial charge is 0.261 e. The molecule has 0 saturated carbocycles. The topological polar surface area (TPSA) is 46.3 Å². The Balaban J connectivity index is 2.02. The molecule has 2 N–H and O–H groups in total. The van der Waals surface area contributed by atoms with Crippen LogP contribution in [0, 0.1) is 5.82 Å². The van der Waals surface area contributed by atoms with Crippen molar-refractivity contribution in [2.75, 3.05) is 17.2 Å². The monoisotopic (exact) mass is 290 g/mol. The Hall–Kier alpha value is -2.07. The molecular weight excluding hydrogens is 279 g/mol. The molecule has 1 aliphatic rings. The molecule has 3 nitrogen and oxygen atoms in total. The number of nitrogens with zero attached hydrogens (tertiary/aromatic N) is 1. The van der Waals surface area contributed by atoms with Crippen LogP contribution in [0.1, 0.15) is 15.9 Å². The minimum atomic E-state index is -0.684. The normalized spacial score (nSPS) is 13.4. The Kier molecular flexibility index (Phi) is 3.10. The van der Waals surface area contributed by atoms with Crippen LogP contribution < -0.4 is 10.6 Å². The van der Waals surface area contributed by atoms with Crippen LogP contribution in [0.25, 0.3) is 0 Å². The lowest BCUT2D eigenvalue weighted by atomic mass is 10.1. The van der Waals surface area contributed by atoms with Gasteiger partial charge in [0.05, 0.1) is 10.6 Å². The SMILES string of the molecule is Nc1cccc2c1CCN2C(=O)c1cccc(Cl)c1F. The van der Waals surface area contributed by atoms with E-state index in [1.165, 1.54) is 12.1 Å². The van der Waals surface area contributed by atoms with Gasteiger partial charge in [0, 0.05) is 23.5 Å². The molecule has 5 heteroatoms. The van der Waals surface area contributed by atoms with Crippen LogP contribution >= 0.6 is 11.6 Å². The van der Waals surface area contributed by atoms with Crippen molar-refractivity contribution in [3.8, 4) is 0 Å². The summed E-state index contributed by atoms with van der Waals surface area (Å²) in [6, 6.07) is 9.83. The summed E-state index contributed by atoms with van der Waals surface area (Å²) >= 11 is 5.72. The van der Waals surface area contributed by atoms with E-state index in [1.54, 1.807) is 23.1 Å². The lowest BCUT2D eigenvalue weighted by molar-refractivity contribution is 0.0985. The number of carbonyl (C=O) groups excluding carboxylic acids is 1. The Bertz CT molecular complexity index is 702. The third-order valence-corrected chi connectivity index (χ3v) is 3.78. The van der Waals surface area contributed by atoms with E-state index in [0.29, 0.717) is 18.7 Å². The lowest BCUT2D eigenvalue weighted by Gasteiger charge is -2.18. The zero-order valence-corrected chi connectivity index (χ0v) is 11.3. The molecule has 0 unspecified atom stereocenters. The van der Waals surface area contributed by atoms with Gasteiger partial charge in [-0.05, 0) is 30.7 Å². The maximum atomic E-state index is 14.0.